The molecule has 1 heterocycles. The van der Waals surface area contributed by atoms with E-state index < -0.39 is 9.84 Å². The lowest BCUT2D eigenvalue weighted by molar-refractivity contribution is -0.130. The highest BCUT2D eigenvalue weighted by Gasteiger charge is 2.33. The van der Waals surface area contributed by atoms with Crippen LogP contribution in [0.5, 0.6) is 0 Å². The second-order valence-electron chi connectivity index (χ2n) is 4.93. The second kappa shape index (κ2) is 8.29. The van der Waals surface area contributed by atoms with Crippen molar-refractivity contribution in [2.45, 2.75) is 18.9 Å². The molecule has 19 heavy (non-hydrogen) atoms. The number of halogens is 2. The van der Waals surface area contributed by atoms with E-state index in [1.165, 1.54) is 0 Å². The largest absolute Gasteiger partial charge is 0.338 e. The molecule has 0 aromatic heterocycles. The molecule has 1 unspecified atom stereocenters. The normalized spacial score (nSPS) is 21.2. The van der Waals surface area contributed by atoms with Crippen molar-refractivity contribution in [3.8, 4) is 0 Å². The summed E-state index contributed by atoms with van der Waals surface area (Å²) in [7, 11) is 0.961. The summed E-state index contributed by atoms with van der Waals surface area (Å²) in [5.41, 5.74) is 0. The van der Waals surface area contributed by atoms with Crippen LogP contribution in [-0.2, 0) is 14.6 Å². The molecule has 0 aliphatic carbocycles. The van der Waals surface area contributed by atoms with Gasteiger partial charge in [-0.05, 0) is 33.5 Å². The predicted octanol–water partition coefficient (Wildman–Crippen LogP) is 0.614. The number of hydrogen-bond donors (Lipinski definition) is 0. The number of nitrogens with zero attached hydrogens (tertiary/aromatic N) is 2. The van der Waals surface area contributed by atoms with Crippen LogP contribution in [0.3, 0.4) is 0 Å². The molecule has 5 nitrogen and oxygen atoms in total. The van der Waals surface area contributed by atoms with Gasteiger partial charge in [0.05, 0.1) is 11.5 Å². The minimum absolute atomic E-state index is 0. The zero-order valence-corrected chi connectivity index (χ0v) is 13.7. The summed E-state index contributed by atoms with van der Waals surface area (Å²) >= 11 is 5.59. The molecule has 0 radical (unpaired) electrons. The minimum Gasteiger partial charge on any atom is -0.338 e. The fraction of sp³-hybridized carbons (Fsp3) is 0.909. The van der Waals surface area contributed by atoms with E-state index in [1.807, 2.05) is 19.0 Å². The van der Waals surface area contributed by atoms with Crippen molar-refractivity contribution in [3.05, 3.63) is 0 Å². The molecule has 0 aromatic rings. The van der Waals surface area contributed by atoms with Gasteiger partial charge in [0.1, 0.15) is 5.88 Å². The fourth-order valence-electron chi connectivity index (χ4n) is 2.17. The van der Waals surface area contributed by atoms with E-state index in [0.717, 1.165) is 13.0 Å². The summed E-state index contributed by atoms with van der Waals surface area (Å²) in [6.07, 6.45) is 1.36. The molecule has 1 fully saturated rings. The van der Waals surface area contributed by atoms with Gasteiger partial charge in [0.15, 0.2) is 9.84 Å². The molecule has 1 atom stereocenters. The van der Waals surface area contributed by atoms with Crippen LogP contribution in [0.4, 0.5) is 0 Å². The first-order chi connectivity index (χ1) is 8.35. The van der Waals surface area contributed by atoms with Crippen molar-refractivity contribution in [1.29, 1.82) is 0 Å². The van der Waals surface area contributed by atoms with Crippen LogP contribution in [0.2, 0.25) is 0 Å². The molecular weight excluding hydrogens is 311 g/mol. The van der Waals surface area contributed by atoms with Crippen LogP contribution in [0.1, 0.15) is 12.8 Å². The maximum atomic E-state index is 11.8. The van der Waals surface area contributed by atoms with Crippen LogP contribution >= 0.6 is 24.0 Å². The van der Waals surface area contributed by atoms with Crippen LogP contribution < -0.4 is 0 Å². The van der Waals surface area contributed by atoms with Crippen molar-refractivity contribution in [2.24, 2.45) is 0 Å². The summed E-state index contributed by atoms with van der Waals surface area (Å²) in [6.45, 7) is 1.44. The Bertz CT molecular complexity index is 387. The molecular formula is C11H22Cl2N2O3S. The Hall–Kier alpha value is -0.0400. The van der Waals surface area contributed by atoms with E-state index in [4.69, 9.17) is 11.6 Å². The van der Waals surface area contributed by atoms with Gasteiger partial charge in [-0.2, -0.15) is 0 Å². The average Bonchev–Trinajstić information content (AvgIpc) is 2.63. The Labute approximate surface area is 126 Å². The van der Waals surface area contributed by atoms with Gasteiger partial charge in [0.25, 0.3) is 0 Å². The van der Waals surface area contributed by atoms with Crippen LogP contribution in [-0.4, -0.2) is 74.7 Å². The molecule has 1 aliphatic rings. The first-order valence-electron chi connectivity index (χ1n) is 6.06. The summed E-state index contributed by atoms with van der Waals surface area (Å²) in [6, 6.07) is -0.191. The van der Waals surface area contributed by atoms with Crippen LogP contribution in [0.25, 0.3) is 0 Å². The maximum absolute atomic E-state index is 11.8. The number of amides is 1. The quantitative estimate of drug-likeness (QED) is 0.669. The van der Waals surface area contributed by atoms with E-state index in [-0.39, 0.29) is 41.7 Å². The molecule has 8 heteroatoms. The third-order valence-electron chi connectivity index (χ3n) is 3.09. The highest BCUT2D eigenvalue weighted by molar-refractivity contribution is 7.91. The van der Waals surface area contributed by atoms with Gasteiger partial charge in [-0.25, -0.2) is 8.42 Å². The van der Waals surface area contributed by atoms with E-state index in [9.17, 15) is 13.2 Å². The zero-order chi connectivity index (χ0) is 13.8. The lowest BCUT2D eigenvalue weighted by Crippen LogP contribution is -2.43. The summed E-state index contributed by atoms with van der Waals surface area (Å²) in [5, 5.41) is 0. The van der Waals surface area contributed by atoms with Crippen molar-refractivity contribution in [2.75, 3.05) is 44.6 Å². The van der Waals surface area contributed by atoms with Crippen molar-refractivity contribution < 1.29 is 13.2 Å². The second-order valence-corrected chi connectivity index (χ2v) is 7.43. The maximum Gasteiger partial charge on any atom is 0.237 e. The van der Waals surface area contributed by atoms with Gasteiger partial charge >= 0.3 is 0 Å². The fourth-order valence-corrected chi connectivity index (χ4v) is 4.05. The molecule has 1 aliphatic heterocycles. The molecule has 0 bridgehead atoms. The van der Waals surface area contributed by atoms with Gasteiger partial charge in [-0.1, -0.05) is 0 Å². The Kier molecular flexibility index (Phi) is 8.27. The molecule has 1 rings (SSSR count). The van der Waals surface area contributed by atoms with Crippen molar-refractivity contribution >= 4 is 39.8 Å². The molecule has 1 amide bonds. The highest BCUT2D eigenvalue weighted by Crippen LogP contribution is 2.18. The summed E-state index contributed by atoms with van der Waals surface area (Å²) in [4.78, 5) is 15.4. The van der Waals surface area contributed by atoms with Crippen molar-refractivity contribution in [1.82, 2.24) is 9.80 Å². The average molecular weight is 333 g/mol. The number of carbonyl (C=O) groups is 1. The monoisotopic (exact) mass is 332 g/mol. The number of hydrogen-bond acceptors (Lipinski definition) is 4. The molecule has 0 spiro atoms. The van der Waals surface area contributed by atoms with Gasteiger partial charge in [-0.15, -0.1) is 24.0 Å². The topological polar surface area (TPSA) is 57.7 Å². The smallest absolute Gasteiger partial charge is 0.237 e. The minimum atomic E-state index is -2.97. The van der Waals surface area contributed by atoms with Crippen molar-refractivity contribution in [3.63, 3.8) is 0 Å². The van der Waals surface area contributed by atoms with E-state index in [0.29, 0.717) is 13.0 Å². The first kappa shape index (κ1) is 19.0. The van der Waals surface area contributed by atoms with E-state index in [2.05, 4.69) is 0 Å². The number of sulfone groups is 1. The number of rotatable bonds is 6. The van der Waals surface area contributed by atoms with Gasteiger partial charge in [-0.3, -0.25) is 4.79 Å². The first-order valence-corrected chi connectivity index (χ1v) is 8.42. The summed E-state index contributed by atoms with van der Waals surface area (Å²) in [5.74, 6) is 0.00516. The van der Waals surface area contributed by atoms with E-state index in [1.54, 1.807) is 4.90 Å². The lowest BCUT2D eigenvalue weighted by Gasteiger charge is -2.28. The third kappa shape index (κ3) is 6.29. The Morgan fingerprint density at radius 3 is 2.37 bits per heavy atom. The molecule has 0 saturated carbocycles. The van der Waals surface area contributed by atoms with Gasteiger partial charge < -0.3 is 9.80 Å². The summed E-state index contributed by atoms with van der Waals surface area (Å²) < 4.78 is 22.9. The number of alkyl halides is 1. The molecule has 114 valence electrons. The predicted molar refractivity (Wildman–Crippen MR) is 79.9 cm³/mol. The Morgan fingerprint density at radius 1 is 1.32 bits per heavy atom. The molecule has 1 saturated heterocycles. The van der Waals surface area contributed by atoms with Gasteiger partial charge in [0, 0.05) is 12.6 Å². The zero-order valence-electron chi connectivity index (χ0n) is 11.3. The van der Waals surface area contributed by atoms with E-state index >= 15 is 0 Å². The Morgan fingerprint density at radius 2 is 1.95 bits per heavy atom. The standard InChI is InChI=1S/C11H21ClN2O3S.ClH/c1-13(2)5-3-6-14(11(15)8-12)10-4-7-18(16,17)9-10;/h10H,3-9H2,1-2H3;1H. The third-order valence-corrected chi connectivity index (χ3v) is 5.07. The number of carbonyl (C=O) groups excluding carboxylic acids is 1. The lowest BCUT2D eigenvalue weighted by atomic mass is 10.2. The van der Waals surface area contributed by atoms with Crippen LogP contribution in [0.15, 0.2) is 0 Å². The highest BCUT2D eigenvalue weighted by atomic mass is 35.5. The SMILES string of the molecule is CN(C)CCCN(C(=O)CCl)C1CCS(=O)(=O)C1.Cl. The Balaban J connectivity index is 0.00000324. The molecule has 0 aromatic carbocycles. The van der Waals surface area contributed by atoms with Crippen LogP contribution in [0, 0.1) is 0 Å². The molecule has 0 N–H and O–H groups in total. The van der Waals surface area contributed by atoms with Gasteiger partial charge in [0.2, 0.25) is 5.91 Å².